The van der Waals surface area contributed by atoms with Crippen molar-refractivity contribution in [1.82, 2.24) is 4.90 Å². The molecular formula is C9H16FNO4S. The van der Waals surface area contributed by atoms with E-state index in [1.807, 2.05) is 0 Å². The number of hydrogen-bond acceptors (Lipinski definition) is 3. The lowest BCUT2D eigenvalue weighted by Gasteiger charge is -2.43. The fourth-order valence-electron chi connectivity index (χ4n) is 1.41. The highest BCUT2D eigenvalue weighted by Crippen LogP contribution is 2.27. The van der Waals surface area contributed by atoms with Crippen LogP contribution in [0.3, 0.4) is 0 Å². The number of amides is 1. The van der Waals surface area contributed by atoms with Crippen LogP contribution in [0, 0.1) is 0 Å². The average molecular weight is 253 g/mol. The standard InChI is InChI=1S/C9H16FNO4S/c1-8(2,3)15-7(12)11-4-9(10,5-11)6-16(13)14/h4-6H2,1-3H3,(H,13,14). The number of likely N-dealkylation sites (tertiary alicyclic amines) is 1. The third kappa shape index (κ3) is 3.71. The lowest BCUT2D eigenvalue weighted by Crippen LogP contribution is -2.63. The topological polar surface area (TPSA) is 66.8 Å². The van der Waals surface area contributed by atoms with E-state index in [1.165, 1.54) is 4.90 Å². The van der Waals surface area contributed by atoms with Crippen molar-refractivity contribution in [1.29, 1.82) is 0 Å². The zero-order valence-corrected chi connectivity index (χ0v) is 10.3. The minimum Gasteiger partial charge on any atom is -0.444 e. The molecule has 94 valence electrons. The molecule has 1 aliphatic rings. The van der Waals surface area contributed by atoms with Gasteiger partial charge in [0.25, 0.3) is 0 Å². The first-order valence-electron chi connectivity index (χ1n) is 4.86. The van der Waals surface area contributed by atoms with Gasteiger partial charge in [-0.2, -0.15) is 0 Å². The van der Waals surface area contributed by atoms with E-state index in [-0.39, 0.29) is 13.1 Å². The monoisotopic (exact) mass is 253 g/mol. The Morgan fingerprint density at radius 2 is 2.06 bits per heavy atom. The van der Waals surface area contributed by atoms with E-state index in [9.17, 15) is 13.4 Å². The second kappa shape index (κ2) is 4.29. The molecular weight excluding hydrogens is 237 g/mol. The number of alkyl halides is 1. The summed E-state index contributed by atoms with van der Waals surface area (Å²) in [6, 6.07) is 0. The molecule has 1 heterocycles. The van der Waals surface area contributed by atoms with Crippen LogP contribution in [-0.4, -0.2) is 49.9 Å². The van der Waals surface area contributed by atoms with Crippen LogP contribution in [0.25, 0.3) is 0 Å². The predicted octanol–water partition coefficient (Wildman–Crippen LogP) is 1.17. The summed E-state index contributed by atoms with van der Waals surface area (Å²) in [6.45, 7) is 4.78. The van der Waals surface area contributed by atoms with Crippen LogP contribution in [0.1, 0.15) is 20.8 Å². The van der Waals surface area contributed by atoms with Crippen molar-refractivity contribution in [3.63, 3.8) is 0 Å². The third-order valence-corrected chi connectivity index (χ3v) is 2.75. The first-order chi connectivity index (χ1) is 7.11. The summed E-state index contributed by atoms with van der Waals surface area (Å²) in [4.78, 5) is 12.6. The van der Waals surface area contributed by atoms with Gasteiger partial charge in [-0.1, -0.05) is 0 Å². The van der Waals surface area contributed by atoms with Crippen molar-refractivity contribution in [2.45, 2.75) is 32.0 Å². The quantitative estimate of drug-likeness (QED) is 0.750. The molecule has 1 atom stereocenters. The van der Waals surface area contributed by atoms with E-state index >= 15 is 0 Å². The van der Waals surface area contributed by atoms with Gasteiger partial charge in [-0.25, -0.2) is 13.4 Å². The van der Waals surface area contributed by atoms with Gasteiger partial charge in [-0.05, 0) is 20.8 Å². The zero-order chi connectivity index (χ0) is 12.6. The highest BCUT2D eigenvalue weighted by molar-refractivity contribution is 7.79. The lowest BCUT2D eigenvalue weighted by molar-refractivity contribution is -0.0408. The molecule has 1 amide bonds. The molecule has 7 heteroatoms. The average Bonchev–Trinajstić information content (AvgIpc) is 1.94. The maximum absolute atomic E-state index is 13.6. The number of carbonyl (C=O) groups excluding carboxylic acids is 1. The van der Waals surface area contributed by atoms with E-state index in [0.717, 1.165) is 0 Å². The summed E-state index contributed by atoms with van der Waals surface area (Å²) < 4.78 is 37.6. The Bertz CT molecular complexity index is 309. The largest absolute Gasteiger partial charge is 0.444 e. The summed E-state index contributed by atoms with van der Waals surface area (Å²) in [5.74, 6) is -0.466. The Morgan fingerprint density at radius 1 is 1.56 bits per heavy atom. The minimum atomic E-state index is -2.18. The van der Waals surface area contributed by atoms with Crippen molar-refractivity contribution in [3.05, 3.63) is 0 Å². The van der Waals surface area contributed by atoms with Crippen LogP contribution in [0.15, 0.2) is 0 Å². The molecule has 1 N–H and O–H groups in total. The van der Waals surface area contributed by atoms with E-state index in [4.69, 9.17) is 9.29 Å². The Morgan fingerprint density at radius 3 is 2.44 bits per heavy atom. The van der Waals surface area contributed by atoms with Gasteiger partial charge in [0.05, 0.1) is 18.8 Å². The van der Waals surface area contributed by atoms with E-state index in [1.54, 1.807) is 20.8 Å². The van der Waals surface area contributed by atoms with Gasteiger partial charge in [0.15, 0.2) is 16.7 Å². The summed E-state index contributed by atoms with van der Waals surface area (Å²) >= 11 is -2.18. The molecule has 1 unspecified atom stereocenters. The van der Waals surface area contributed by atoms with Crippen molar-refractivity contribution < 1.29 is 22.7 Å². The van der Waals surface area contributed by atoms with Crippen LogP contribution in [-0.2, 0) is 15.8 Å². The molecule has 0 aliphatic carbocycles. The van der Waals surface area contributed by atoms with Crippen LogP contribution in [0.5, 0.6) is 0 Å². The predicted molar refractivity (Wildman–Crippen MR) is 57.3 cm³/mol. The highest BCUT2D eigenvalue weighted by Gasteiger charge is 2.48. The lowest BCUT2D eigenvalue weighted by atomic mass is 10.00. The van der Waals surface area contributed by atoms with Crippen molar-refractivity contribution >= 4 is 17.2 Å². The maximum Gasteiger partial charge on any atom is 0.410 e. The molecule has 1 rings (SSSR count). The first kappa shape index (κ1) is 13.4. The summed E-state index contributed by atoms with van der Waals surface area (Å²) in [5.41, 5.74) is -2.37. The Labute approximate surface area is 96.2 Å². The molecule has 0 aromatic rings. The summed E-state index contributed by atoms with van der Waals surface area (Å²) in [6.07, 6.45) is -0.593. The molecule has 5 nitrogen and oxygen atoms in total. The Balaban J connectivity index is 2.41. The maximum atomic E-state index is 13.6. The van der Waals surface area contributed by atoms with Gasteiger partial charge in [0, 0.05) is 0 Å². The molecule has 16 heavy (non-hydrogen) atoms. The number of halogens is 1. The van der Waals surface area contributed by atoms with Crippen LogP contribution >= 0.6 is 0 Å². The molecule has 0 spiro atoms. The number of hydrogen-bond donors (Lipinski definition) is 1. The molecule has 1 fully saturated rings. The molecule has 0 saturated carbocycles. The second-order valence-electron chi connectivity index (χ2n) is 4.95. The van der Waals surface area contributed by atoms with Gasteiger partial charge >= 0.3 is 6.09 Å². The number of ether oxygens (including phenoxy) is 1. The van der Waals surface area contributed by atoms with Crippen LogP contribution in [0.2, 0.25) is 0 Å². The summed E-state index contributed by atoms with van der Waals surface area (Å²) in [5, 5.41) is 0. The second-order valence-corrected chi connectivity index (χ2v) is 5.88. The number of rotatable bonds is 2. The number of nitrogens with zero attached hydrogens (tertiary/aromatic N) is 1. The molecule has 0 bridgehead atoms. The molecule has 0 radical (unpaired) electrons. The van der Waals surface area contributed by atoms with Crippen LogP contribution in [0.4, 0.5) is 9.18 Å². The Hall–Kier alpha value is -0.690. The van der Waals surface area contributed by atoms with Gasteiger partial charge in [0.1, 0.15) is 5.60 Å². The van der Waals surface area contributed by atoms with E-state index < -0.39 is 34.2 Å². The van der Waals surface area contributed by atoms with Gasteiger partial charge in [-0.15, -0.1) is 0 Å². The van der Waals surface area contributed by atoms with Crippen molar-refractivity contribution in [2.24, 2.45) is 0 Å². The van der Waals surface area contributed by atoms with Crippen molar-refractivity contribution in [2.75, 3.05) is 18.8 Å². The SMILES string of the molecule is CC(C)(C)OC(=O)N1CC(F)(CS(=O)O)C1. The molecule has 1 aliphatic heterocycles. The summed E-state index contributed by atoms with van der Waals surface area (Å²) in [7, 11) is 0. The minimum absolute atomic E-state index is 0.186. The smallest absolute Gasteiger partial charge is 0.410 e. The molecule has 1 saturated heterocycles. The first-order valence-corrected chi connectivity index (χ1v) is 6.13. The third-order valence-electron chi connectivity index (χ3n) is 1.98. The zero-order valence-electron chi connectivity index (χ0n) is 9.53. The number of carbonyl (C=O) groups is 1. The van der Waals surface area contributed by atoms with Crippen molar-refractivity contribution in [3.8, 4) is 0 Å². The highest BCUT2D eigenvalue weighted by atomic mass is 32.2. The fraction of sp³-hybridized carbons (Fsp3) is 0.889. The van der Waals surface area contributed by atoms with Gasteiger partial charge < -0.3 is 14.2 Å². The van der Waals surface area contributed by atoms with Gasteiger partial charge in [-0.3, -0.25) is 0 Å². The van der Waals surface area contributed by atoms with E-state index in [0.29, 0.717) is 0 Å². The van der Waals surface area contributed by atoms with Crippen LogP contribution < -0.4 is 0 Å². The molecule has 0 aromatic heterocycles. The fourth-order valence-corrected chi connectivity index (χ4v) is 2.03. The van der Waals surface area contributed by atoms with E-state index in [2.05, 4.69) is 0 Å². The normalized spacial score (nSPS) is 21.2. The van der Waals surface area contributed by atoms with Gasteiger partial charge in [0.2, 0.25) is 0 Å². The Kier molecular flexibility index (Phi) is 3.59. The molecule has 0 aromatic carbocycles.